The molecule has 1 nitrogen and oxygen atoms in total. The Morgan fingerprint density at radius 1 is 1.58 bits per heavy atom. The molecule has 12 heavy (non-hydrogen) atoms. The van der Waals surface area contributed by atoms with Crippen LogP contribution in [0.2, 0.25) is 5.02 Å². The van der Waals surface area contributed by atoms with E-state index in [2.05, 4.69) is 0 Å². The van der Waals surface area contributed by atoms with Gasteiger partial charge < -0.3 is 0 Å². The number of alkyl halides is 1. The van der Waals surface area contributed by atoms with E-state index < -0.39 is 6.17 Å². The van der Waals surface area contributed by atoms with E-state index in [0.29, 0.717) is 10.6 Å². The number of hydrogen-bond donors (Lipinski definition) is 0. The Labute approximate surface area is 75.4 Å². The SMILES string of the molecule is CC(F)c1c(Cl)cccc1C#N. The van der Waals surface area contributed by atoms with Crippen molar-refractivity contribution in [3.63, 3.8) is 0 Å². The first-order chi connectivity index (χ1) is 5.66. The maximum atomic E-state index is 12.9. The molecule has 0 aromatic heterocycles. The van der Waals surface area contributed by atoms with Gasteiger partial charge in [-0.15, -0.1) is 0 Å². The molecule has 0 amide bonds. The molecule has 0 aliphatic heterocycles. The van der Waals surface area contributed by atoms with Crippen LogP contribution >= 0.6 is 11.6 Å². The molecule has 0 bridgehead atoms. The Morgan fingerprint density at radius 2 is 2.25 bits per heavy atom. The normalized spacial score (nSPS) is 12.2. The van der Waals surface area contributed by atoms with Crippen molar-refractivity contribution in [3.05, 3.63) is 34.3 Å². The van der Waals surface area contributed by atoms with Gasteiger partial charge in [0.15, 0.2) is 0 Å². The maximum absolute atomic E-state index is 12.9. The van der Waals surface area contributed by atoms with E-state index in [1.54, 1.807) is 18.2 Å². The van der Waals surface area contributed by atoms with Crippen molar-refractivity contribution >= 4 is 11.6 Å². The Morgan fingerprint density at radius 3 is 2.67 bits per heavy atom. The highest BCUT2D eigenvalue weighted by atomic mass is 35.5. The summed E-state index contributed by atoms with van der Waals surface area (Å²) in [5.74, 6) is 0. The lowest BCUT2D eigenvalue weighted by Crippen LogP contribution is -1.92. The van der Waals surface area contributed by atoms with E-state index in [0.717, 1.165) is 0 Å². The average molecular weight is 184 g/mol. The lowest BCUT2D eigenvalue weighted by Gasteiger charge is -2.06. The average Bonchev–Trinajstić information content (AvgIpc) is 2.03. The summed E-state index contributed by atoms with van der Waals surface area (Å²) in [6.07, 6.45) is -1.20. The van der Waals surface area contributed by atoms with E-state index in [-0.39, 0.29) is 5.56 Å². The van der Waals surface area contributed by atoms with Crippen molar-refractivity contribution in [3.8, 4) is 6.07 Å². The lowest BCUT2D eigenvalue weighted by molar-refractivity contribution is 0.374. The summed E-state index contributed by atoms with van der Waals surface area (Å²) in [4.78, 5) is 0. The van der Waals surface area contributed by atoms with Gasteiger partial charge in [-0.05, 0) is 19.1 Å². The topological polar surface area (TPSA) is 23.8 Å². The van der Waals surface area contributed by atoms with Crippen LogP contribution in [-0.4, -0.2) is 0 Å². The van der Waals surface area contributed by atoms with Gasteiger partial charge in [-0.25, -0.2) is 4.39 Å². The molecule has 0 saturated carbocycles. The maximum Gasteiger partial charge on any atom is 0.125 e. The van der Waals surface area contributed by atoms with Crippen molar-refractivity contribution in [2.45, 2.75) is 13.1 Å². The Bertz CT molecular complexity index is 328. The number of rotatable bonds is 1. The number of nitrogens with zero attached hydrogens (tertiary/aromatic N) is 1. The van der Waals surface area contributed by atoms with E-state index in [9.17, 15) is 4.39 Å². The molecular weight excluding hydrogens is 177 g/mol. The summed E-state index contributed by atoms with van der Waals surface area (Å²) in [6, 6.07) is 6.66. The van der Waals surface area contributed by atoms with Crippen LogP contribution in [0.15, 0.2) is 18.2 Å². The fourth-order valence-electron chi connectivity index (χ4n) is 1.04. The minimum absolute atomic E-state index is 0.279. The molecule has 0 heterocycles. The van der Waals surface area contributed by atoms with E-state index in [4.69, 9.17) is 16.9 Å². The molecule has 1 unspecified atom stereocenters. The third-order valence-electron chi connectivity index (χ3n) is 1.57. The van der Waals surface area contributed by atoms with Crippen LogP contribution in [0.25, 0.3) is 0 Å². The summed E-state index contributed by atoms with van der Waals surface area (Å²) >= 11 is 5.71. The fraction of sp³-hybridized carbons (Fsp3) is 0.222. The molecule has 0 radical (unpaired) electrons. The molecular formula is C9H7ClFN. The van der Waals surface area contributed by atoms with Crippen molar-refractivity contribution in [2.75, 3.05) is 0 Å². The van der Waals surface area contributed by atoms with Gasteiger partial charge in [-0.1, -0.05) is 17.7 Å². The summed E-state index contributed by atoms with van der Waals surface area (Å²) in [6.45, 7) is 1.36. The molecule has 62 valence electrons. The summed E-state index contributed by atoms with van der Waals surface area (Å²) in [7, 11) is 0. The van der Waals surface area contributed by atoms with Crippen LogP contribution in [0.1, 0.15) is 24.2 Å². The minimum atomic E-state index is -1.20. The molecule has 3 heteroatoms. The molecule has 1 rings (SSSR count). The highest BCUT2D eigenvalue weighted by molar-refractivity contribution is 6.31. The van der Waals surface area contributed by atoms with Crippen LogP contribution in [0, 0.1) is 11.3 Å². The Balaban J connectivity index is 3.32. The number of halogens is 2. The van der Waals surface area contributed by atoms with E-state index in [1.165, 1.54) is 6.92 Å². The third-order valence-corrected chi connectivity index (χ3v) is 1.90. The molecule has 0 aliphatic carbocycles. The van der Waals surface area contributed by atoms with E-state index >= 15 is 0 Å². The first-order valence-corrected chi connectivity index (χ1v) is 3.87. The third kappa shape index (κ3) is 1.57. The van der Waals surface area contributed by atoms with Gasteiger partial charge >= 0.3 is 0 Å². The second-order valence-corrected chi connectivity index (χ2v) is 2.84. The van der Waals surface area contributed by atoms with Crippen LogP contribution in [0.4, 0.5) is 4.39 Å². The molecule has 1 atom stereocenters. The van der Waals surface area contributed by atoms with Crippen molar-refractivity contribution in [1.82, 2.24) is 0 Å². The fourth-order valence-corrected chi connectivity index (χ4v) is 1.36. The minimum Gasteiger partial charge on any atom is -0.242 e. The lowest BCUT2D eigenvalue weighted by atomic mass is 10.1. The molecule has 0 saturated heterocycles. The summed E-state index contributed by atoms with van der Waals surface area (Å²) < 4.78 is 12.9. The van der Waals surface area contributed by atoms with Crippen LogP contribution in [0.3, 0.4) is 0 Å². The highest BCUT2D eigenvalue weighted by Gasteiger charge is 2.12. The smallest absolute Gasteiger partial charge is 0.125 e. The van der Waals surface area contributed by atoms with Gasteiger partial charge in [0.05, 0.1) is 11.6 Å². The monoisotopic (exact) mass is 183 g/mol. The van der Waals surface area contributed by atoms with Gasteiger partial charge in [0.1, 0.15) is 6.17 Å². The van der Waals surface area contributed by atoms with Gasteiger partial charge in [-0.3, -0.25) is 0 Å². The van der Waals surface area contributed by atoms with Crippen molar-refractivity contribution in [1.29, 1.82) is 5.26 Å². The first kappa shape index (κ1) is 9.02. The second-order valence-electron chi connectivity index (χ2n) is 2.43. The molecule has 0 spiro atoms. The van der Waals surface area contributed by atoms with Crippen LogP contribution in [-0.2, 0) is 0 Å². The standard InChI is InChI=1S/C9H7ClFN/c1-6(11)9-7(5-12)3-2-4-8(9)10/h2-4,6H,1H3. The second kappa shape index (κ2) is 3.55. The van der Waals surface area contributed by atoms with Crippen LogP contribution < -0.4 is 0 Å². The van der Waals surface area contributed by atoms with Crippen molar-refractivity contribution < 1.29 is 4.39 Å². The predicted octanol–water partition coefficient (Wildman–Crippen LogP) is 3.24. The Hall–Kier alpha value is -1.07. The van der Waals surface area contributed by atoms with Gasteiger partial charge in [0.25, 0.3) is 0 Å². The predicted molar refractivity (Wildman–Crippen MR) is 45.7 cm³/mol. The number of benzene rings is 1. The molecule has 0 aliphatic rings. The number of hydrogen-bond acceptors (Lipinski definition) is 1. The molecule has 1 aromatic rings. The van der Waals surface area contributed by atoms with Gasteiger partial charge in [0, 0.05) is 10.6 Å². The van der Waals surface area contributed by atoms with Gasteiger partial charge in [0.2, 0.25) is 0 Å². The van der Waals surface area contributed by atoms with Gasteiger partial charge in [-0.2, -0.15) is 5.26 Å². The quantitative estimate of drug-likeness (QED) is 0.656. The zero-order chi connectivity index (χ0) is 9.14. The zero-order valence-electron chi connectivity index (χ0n) is 6.51. The Kier molecular flexibility index (Phi) is 2.67. The number of nitriles is 1. The molecule has 0 N–H and O–H groups in total. The molecule has 1 aromatic carbocycles. The largest absolute Gasteiger partial charge is 0.242 e. The van der Waals surface area contributed by atoms with E-state index in [1.807, 2.05) is 6.07 Å². The molecule has 0 fully saturated rings. The zero-order valence-corrected chi connectivity index (χ0v) is 7.27. The van der Waals surface area contributed by atoms with Crippen molar-refractivity contribution in [2.24, 2.45) is 0 Å². The summed E-state index contributed by atoms with van der Waals surface area (Å²) in [5, 5.41) is 8.93. The highest BCUT2D eigenvalue weighted by Crippen LogP contribution is 2.28. The summed E-state index contributed by atoms with van der Waals surface area (Å²) in [5.41, 5.74) is 0.583. The first-order valence-electron chi connectivity index (χ1n) is 3.49. The van der Waals surface area contributed by atoms with Crippen LogP contribution in [0.5, 0.6) is 0 Å².